The maximum atomic E-state index is 13.4. The van der Waals surface area contributed by atoms with Crippen LogP contribution in [0.4, 0.5) is 5.69 Å². The SMILES string of the molecule is COc1ccc([N+](=O)[O-])cc1S(=O)(=O)N(C)Cc1cn(-c2ccccc2)nc1-c1ccccc1. The summed E-state index contributed by atoms with van der Waals surface area (Å²) in [6, 6.07) is 22.4. The lowest BCUT2D eigenvalue weighted by Gasteiger charge is -2.18. The van der Waals surface area contributed by atoms with Gasteiger partial charge in [-0.25, -0.2) is 13.1 Å². The van der Waals surface area contributed by atoms with Crippen LogP contribution < -0.4 is 4.74 Å². The molecule has 0 radical (unpaired) electrons. The Morgan fingerprint density at radius 1 is 1.03 bits per heavy atom. The van der Waals surface area contributed by atoms with Gasteiger partial charge in [0.25, 0.3) is 5.69 Å². The van der Waals surface area contributed by atoms with Gasteiger partial charge in [-0.3, -0.25) is 10.1 Å². The van der Waals surface area contributed by atoms with Gasteiger partial charge in [-0.05, 0) is 18.2 Å². The fraction of sp³-hybridized carbons (Fsp3) is 0.125. The number of nitro benzene ring substituents is 1. The molecule has 0 spiro atoms. The summed E-state index contributed by atoms with van der Waals surface area (Å²) in [6.45, 7) is -0.00869. The summed E-state index contributed by atoms with van der Waals surface area (Å²) in [4.78, 5) is 10.3. The molecule has 1 aromatic heterocycles. The molecule has 174 valence electrons. The second-order valence-corrected chi connectivity index (χ2v) is 9.52. The van der Waals surface area contributed by atoms with Crippen LogP contribution in [0.25, 0.3) is 16.9 Å². The maximum absolute atomic E-state index is 13.4. The van der Waals surface area contributed by atoms with Gasteiger partial charge < -0.3 is 4.74 Å². The number of sulfonamides is 1. The number of para-hydroxylation sites is 1. The van der Waals surface area contributed by atoms with Crippen LogP contribution in [0.3, 0.4) is 0 Å². The quantitative estimate of drug-likeness (QED) is 0.276. The van der Waals surface area contributed by atoms with Gasteiger partial charge in [0.1, 0.15) is 10.6 Å². The molecule has 0 N–H and O–H groups in total. The van der Waals surface area contributed by atoms with Crippen LogP contribution in [-0.4, -0.2) is 41.6 Å². The molecule has 4 rings (SSSR count). The normalized spacial score (nSPS) is 11.5. The van der Waals surface area contributed by atoms with E-state index in [0.717, 1.165) is 21.6 Å². The molecule has 4 aromatic rings. The van der Waals surface area contributed by atoms with Crippen molar-refractivity contribution in [2.24, 2.45) is 0 Å². The van der Waals surface area contributed by atoms with Crippen LogP contribution in [0.15, 0.2) is 90.0 Å². The number of nitrogens with zero attached hydrogens (tertiary/aromatic N) is 4. The van der Waals surface area contributed by atoms with E-state index in [1.807, 2.05) is 60.7 Å². The van der Waals surface area contributed by atoms with Gasteiger partial charge >= 0.3 is 0 Å². The van der Waals surface area contributed by atoms with Crippen LogP contribution in [0.5, 0.6) is 5.75 Å². The topological polar surface area (TPSA) is 108 Å². The van der Waals surface area contributed by atoms with Gasteiger partial charge in [-0.15, -0.1) is 0 Å². The minimum atomic E-state index is -4.12. The fourth-order valence-corrected chi connectivity index (χ4v) is 4.87. The van der Waals surface area contributed by atoms with Crippen LogP contribution >= 0.6 is 0 Å². The van der Waals surface area contributed by atoms with E-state index in [-0.39, 0.29) is 22.9 Å². The zero-order valence-corrected chi connectivity index (χ0v) is 19.3. The third-order valence-electron chi connectivity index (χ3n) is 5.30. The second kappa shape index (κ2) is 9.46. The highest BCUT2D eigenvalue weighted by Gasteiger charge is 2.28. The van der Waals surface area contributed by atoms with E-state index >= 15 is 0 Å². The summed E-state index contributed by atoms with van der Waals surface area (Å²) in [5.74, 6) is 0.0284. The van der Waals surface area contributed by atoms with Crippen molar-refractivity contribution in [3.8, 4) is 22.7 Å². The summed E-state index contributed by atoms with van der Waals surface area (Å²) in [5.41, 5.74) is 2.64. The summed E-state index contributed by atoms with van der Waals surface area (Å²) >= 11 is 0. The number of aromatic nitrogens is 2. The van der Waals surface area contributed by atoms with Gasteiger partial charge in [-0.1, -0.05) is 48.5 Å². The predicted molar refractivity (Wildman–Crippen MR) is 127 cm³/mol. The monoisotopic (exact) mass is 478 g/mol. The first-order chi connectivity index (χ1) is 16.3. The highest BCUT2D eigenvalue weighted by atomic mass is 32.2. The second-order valence-electron chi connectivity index (χ2n) is 7.50. The molecule has 0 saturated heterocycles. The number of benzene rings is 3. The van der Waals surface area contributed by atoms with Gasteiger partial charge in [0, 0.05) is 43.0 Å². The number of non-ortho nitro benzene ring substituents is 1. The Balaban J connectivity index is 1.76. The van der Waals surface area contributed by atoms with Gasteiger partial charge in [-0.2, -0.15) is 9.40 Å². The molecular formula is C24H22N4O5S. The molecule has 9 nitrogen and oxygen atoms in total. The Kier molecular flexibility index (Phi) is 6.44. The van der Waals surface area contributed by atoms with E-state index in [9.17, 15) is 18.5 Å². The molecule has 1 heterocycles. The zero-order valence-electron chi connectivity index (χ0n) is 18.5. The number of hydrogen-bond acceptors (Lipinski definition) is 6. The Bertz CT molecular complexity index is 1420. The summed E-state index contributed by atoms with van der Waals surface area (Å²) in [5, 5.41) is 15.9. The highest BCUT2D eigenvalue weighted by molar-refractivity contribution is 7.89. The van der Waals surface area contributed by atoms with Crippen molar-refractivity contribution in [1.82, 2.24) is 14.1 Å². The number of ether oxygens (including phenoxy) is 1. The first-order valence-electron chi connectivity index (χ1n) is 10.3. The Morgan fingerprint density at radius 2 is 1.68 bits per heavy atom. The van der Waals surface area contributed by atoms with Crippen molar-refractivity contribution in [3.05, 3.63) is 101 Å². The fourth-order valence-electron chi connectivity index (χ4n) is 3.55. The van der Waals surface area contributed by atoms with E-state index in [1.54, 1.807) is 10.9 Å². The van der Waals surface area contributed by atoms with Crippen molar-refractivity contribution in [3.63, 3.8) is 0 Å². The average molecular weight is 479 g/mol. The Hall–Kier alpha value is -4.02. The lowest BCUT2D eigenvalue weighted by Crippen LogP contribution is -2.27. The molecule has 0 atom stereocenters. The Morgan fingerprint density at radius 3 is 2.29 bits per heavy atom. The summed E-state index contributed by atoms with van der Waals surface area (Å²) in [6.07, 6.45) is 1.79. The van der Waals surface area contributed by atoms with E-state index in [4.69, 9.17) is 9.84 Å². The third kappa shape index (κ3) is 4.54. The molecule has 0 fully saturated rings. The standard InChI is InChI=1S/C24H22N4O5S/c1-26(34(31,32)23-15-21(28(29)30)13-14-22(23)33-2)16-19-17-27(20-11-7-4-8-12-20)25-24(19)18-9-5-3-6-10-18/h3-15,17H,16H2,1-2H3. The third-order valence-corrected chi connectivity index (χ3v) is 7.12. The smallest absolute Gasteiger partial charge is 0.271 e. The van der Waals surface area contributed by atoms with Crippen molar-refractivity contribution < 1.29 is 18.1 Å². The number of rotatable bonds is 8. The van der Waals surface area contributed by atoms with Gasteiger partial charge in [0.15, 0.2) is 0 Å². The van der Waals surface area contributed by atoms with Gasteiger partial charge in [0.2, 0.25) is 10.0 Å². The largest absolute Gasteiger partial charge is 0.495 e. The van der Waals surface area contributed by atoms with E-state index in [2.05, 4.69) is 0 Å². The lowest BCUT2D eigenvalue weighted by molar-refractivity contribution is -0.385. The molecule has 0 aliphatic heterocycles. The predicted octanol–water partition coefficient (Wildman–Crippen LogP) is 4.28. The zero-order chi connectivity index (χ0) is 24.3. The molecule has 34 heavy (non-hydrogen) atoms. The molecule has 0 bridgehead atoms. The molecule has 10 heteroatoms. The molecule has 0 saturated carbocycles. The molecule has 0 aliphatic carbocycles. The molecule has 0 aliphatic rings. The number of methoxy groups -OCH3 is 1. The minimum Gasteiger partial charge on any atom is -0.495 e. The van der Waals surface area contributed by atoms with E-state index in [1.165, 1.54) is 26.3 Å². The minimum absolute atomic E-state index is 0.00869. The number of hydrogen-bond donors (Lipinski definition) is 0. The van der Waals surface area contributed by atoms with E-state index < -0.39 is 14.9 Å². The van der Waals surface area contributed by atoms with Crippen LogP contribution in [0.1, 0.15) is 5.56 Å². The lowest BCUT2D eigenvalue weighted by atomic mass is 10.1. The van der Waals surface area contributed by atoms with E-state index in [0.29, 0.717) is 11.3 Å². The number of nitro groups is 1. The van der Waals surface area contributed by atoms with Crippen molar-refractivity contribution in [2.75, 3.05) is 14.2 Å². The van der Waals surface area contributed by atoms with Crippen molar-refractivity contribution in [2.45, 2.75) is 11.4 Å². The van der Waals surface area contributed by atoms with Crippen molar-refractivity contribution in [1.29, 1.82) is 0 Å². The summed E-state index contributed by atoms with van der Waals surface area (Å²) < 4.78 is 34.8. The average Bonchev–Trinajstić information content (AvgIpc) is 3.28. The Labute approximate surface area is 197 Å². The first-order valence-corrected chi connectivity index (χ1v) is 11.7. The van der Waals surface area contributed by atoms with Crippen LogP contribution in [0.2, 0.25) is 0 Å². The molecular weight excluding hydrogens is 456 g/mol. The summed E-state index contributed by atoms with van der Waals surface area (Å²) in [7, 11) is -1.39. The molecule has 0 unspecified atom stereocenters. The highest BCUT2D eigenvalue weighted by Crippen LogP contribution is 2.32. The van der Waals surface area contributed by atoms with Crippen LogP contribution in [0, 0.1) is 10.1 Å². The molecule has 3 aromatic carbocycles. The van der Waals surface area contributed by atoms with Crippen LogP contribution in [-0.2, 0) is 16.6 Å². The van der Waals surface area contributed by atoms with Crippen molar-refractivity contribution >= 4 is 15.7 Å². The maximum Gasteiger partial charge on any atom is 0.271 e. The first kappa shape index (κ1) is 23.1. The molecule has 0 amide bonds. The van der Waals surface area contributed by atoms with Gasteiger partial charge in [0.05, 0.1) is 23.4 Å².